The number of rotatable bonds is 5. The molecule has 1 saturated heterocycles. The molecule has 2 amide bonds. The van der Waals surface area contributed by atoms with Crippen molar-refractivity contribution in [2.75, 3.05) is 13.2 Å². The molecule has 0 spiro atoms. The number of carbonyl (C=O) groups is 2. The summed E-state index contributed by atoms with van der Waals surface area (Å²) in [6.45, 7) is 5.93. The highest BCUT2D eigenvalue weighted by atomic mass is 32.2. The maximum absolute atomic E-state index is 12.1. The largest absolute Gasteiger partial charge is 0.504 e. The molecule has 6 heteroatoms. The number of phenolic OH excluding ortho intramolecular Hbond substituents is 1. The van der Waals surface area contributed by atoms with Gasteiger partial charge in [0, 0.05) is 12.1 Å². The zero-order valence-electron chi connectivity index (χ0n) is 11.5. The Bertz CT molecular complexity index is 624. The maximum Gasteiger partial charge on any atom is 0.293 e. The second-order valence-electron chi connectivity index (χ2n) is 4.21. The van der Waals surface area contributed by atoms with Gasteiger partial charge in [-0.3, -0.25) is 14.5 Å². The highest BCUT2D eigenvalue weighted by Crippen LogP contribution is 2.36. The molecule has 110 valence electrons. The van der Waals surface area contributed by atoms with Crippen molar-refractivity contribution in [3.8, 4) is 11.5 Å². The van der Waals surface area contributed by atoms with E-state index in [-0.39, 0.29) is 28.3 Å². The van der Waals surface area contributed by atoms with Gasteiger partial charge in [0.25, 0.3) is 11.1 Å². The Morgan fingerprint density at radius 2 is 2.19 bits per heavy atom. The number of hydrogen-bond donors (Lipinski definition) is 1. The smallest absolute Gasteiger partial charge is 0.293 e. The Labute approximate surface area is 126 Å². The molecular formula is C15H15NO4S. The van der Waals surface area contributed by atoms with Crippen LogP contribution in [0.2, 0.25) is 0 Å². The van der Waals surface area contributed by atoms with Crippen molar-refractivity contribution in [1.82, 2.24) is 4.90 Å². The Hall–Kier alpha value is -2.21. The summed E-state index contributed by atoms with van der Waals surface area (Å²) in [6, 6.07) is 5.00. The number of imide groups is 1. The number of benzene rings is 1. The van der Waals surface area contributed by atoms with Gasteiger partial charge in [0.15, 0.2) is 11.5 Å². The van der Waals surface area contributed by atoms with Crippen LogP contribution in [-0.4, -0.2) is 34.3 Å². The van der Waals surface area contributed by atoms with E-state index in [9.17, 15) is 14.7 Å². The first kappa shape index (κ1) is 15.2. The first-order valence-corrected chi connectivity index (χ1v) is 7.21. The van der Waals surface area contributed by atoms with Crippen molar-refractivity contribution in [2.24, 2.45) is 0 Å². The molecular weight excluding hydrogens is 290 g/mol. The summed E-state index contributed by atoms with van der Waals surface area (Å²) >= 11 is 0.843. The molecule has 1 aromatic carbocycles. The van der Waals surface area contributed by atoms with Crippen molar-refractivity contribution >= 4 is 29.0 Å². The lowest BCUT2D eigenvalue weighted by Gasteiger charge is -2.09. The van der Waals surface area contributed by atoms with Gasteiger partial charge in [0.05, 0.1) is 11.5 Å². The number of ether oxygens (including phenoxy) is 1. The van der Waals surface area contributed by atoms with Crippen LogP contribution >= 0.6 is 11.8 Å². The molecule has 0 bridgehead atoms. The van der Waals surface area contributed by atoms with E-state index in [1.54, 1.807) is 18.2 Å². The Morgan fingerprint density at radius 3 is 2.86 bits per heavy atom. The first-order chi connectivity index (χ1) is 10.1. The quantitative estimate of drug-likeness (QED) is 0.669. The lowest BCUT2D eigenvalue weighted by molar-refractivity contribution is -0.122. The van der Waals surface area contributed by atoms with Crippen LogP contribution in [-0.2, 0) is 4.79 Å². The van der Waals surface area contributed by atoms with Gasteiger partial charge in [-0.15, -0.1) is 6.58 Å². The fraction of sp³-hybridized carbons (Fsp3) is 0.200. The van der Waals surface area contributed by atoms with Gasteiger partial charge >= 0.3 is 0 Å². The van der Waals surface area contributed by atoms with Crippen LogP contribution in [0.15, 0.2) is 35.8 Å². The minimum Gasteiger partial charge on any atom is -0.504 e. The zero-order chi connectivity index (χ0) is 15.4. The number of aromatic hydroxyl groups is 1. The van der Waals surface area contributed by atoms with Gasteiger partial charge in [0.2, 0.25) is 0 Å². The van der Waals surface area contributed by atoms with Crippen LogP contribution in [0.3, 0.4) is 0 Å². The van der Waals surface area contributed by atoms with Crippen molar-refractivity contribution in [3.05, 3.63) is 41.3 Å². The van der Waals surface area contributed by atoms with E-state index in [1.165, 1.54) is 12.2 Å². The molecule has 1 N–H and O–H groups in total. The molecule has 0 saturated carbocycles. The van der Waals surface area contributed by atoms with Gasteiger partial charge in [-0.2, -0.15) is 0 Å². The van der Waals surface area contributed by atoms with Crippen molar-refractivity contribution < 1.29 is 19.4 Å². The number of nitrogens with zero attached hydrogens (tertiary/aromatic N) is 1. The van der Waals surface area contributed by atoms with Crippen LogP contribution in [0.25, 0.3) is 6.08 Å². The summed E-state index contributed by atoms with van der Waals surface area (Å²) in [6.07, 6.45) is 2.98. The monoisotopic (exact) mass is 305 g/mol. The van der Waals surface area contributed by atoms with E-state index < -0.39 is 0 Å². The third-order valence-electron chi connectivity index (χ3n) is 2.80. The average molecular weight is 305 g/mol. The third kappa shape index (κ3) is 3.11. The van der Waals surface area contributed by atoms with Crippen molar-refractivity contribution in [1.29, 1.82) is 0 Å². The standard InChI is InChI=1S/C15H15NO4S/c1-3-8-16-14(18)12(21-15(16)19)9-10-6-5-7-11(13(10)17)20-4-2/h3,5-7,9,17H,1,4,8H2,2H3. The van der Waals surface area contributed by atoms with Gasteiger partial charge < -0.3 is 9.84 Å². The molecule has 1 aliphatic rings. The van der Waals surface area contributed by atoms with Crippen molar-refractivity contribution in [3.63, 3.8) is 0 Å². The molecule has 1 heterocycles. The summed E-state index contributed by atoms with van der Waals surface area (Å²) in [5, 5.41) is 9.76. The molecule has 0 radical (unpaired) electrons. The lowest BCUT2D eigenvalue weighted by Crippen LogP contribution is -2.27. The molecule has 0 aliphatic carbocycles. The van der Waals surface area contributed by atoms with E-state index in [2.05, 4.69) is 6.58 Å². The summed E-state index contributed by atoms with van der Waals surface area (Å²) in [4.78, 5) is 25.2. The average Bonchev–Trinajstić information content (AvgIpc) is 2.71. The molecule has 0 aromatic heterocycles. The number of hydrogen-bond acceptors (Lipinski definition) is 5. The van der Waals surface area contributed by atoms with Crippen LogP contribution in [0.1, 0.15) is 12.5 Å². The van der Waals surface area contributed by atoms with E-state index in [4.69, 9.17) is 4.74 Å². The zero-order valence-corrected chi connectivity index (χ0v) is 12.4. The van der Waals surface area contributed by atoms with Crippen LogP contribution in [0, 0.1) is 0 Å². The minimum atomic E-state index is -0.383. The summed E-state index contributed by atoms with van der Waals surface area (Å²) in [5.74, 6) is -0.0856. The number of para-hydroxylation sites is 1. The number of carbonyl (C=O) groups excluding carboxylic acids is 2. The topological polar surface area (TPSA) is 66.8 Å². The first-order valence-electron chi connectivity index (χ1n) is 6.39. The Balaban J connectivity index is 2.32. The normalized spacial score (nSPS) is 16.6. The highest BCUT2D eigenvalue weighted by Gasteiger charge is 2.34. The van der Waals surface area contributed by atoms with E-state index in [1.807, 2.05) is 6.92 Å². The van der Waals surface area contributed by atoms with Crippen LogP contribution < -0.4 is 4.74 Å². The Morgan fingerprint density at radius 1 is 1.43 bits per heavy atom. The molecule has 2 rings (SSSR count). The highest BCUT2D eigenvalue weighted by molar-refractivity contribution is 8.18. The molecule has 0 unspecified atom stereocenters. The fourth-order valence-electron chi connectivity index (χ4n) is 1.86. The van der Waals surface area contributed by atoms with Crippen molar-refractivity contribution in [2.45, 2.75) is 6.92 Å². The summed E-state index contributed by atoms with van der Waals surface area (Å²) in [5.41, 5.74) is 0.435. The van der Waals surface area contributed by atoms with Gasteiger partial charge in [-0.05, 0) is 30.8 Å². The van der Waals surface area contributed by atoms with Gasteiger partial charge in [-0.1, -0.05) is 18.2 Å². The van der Waals surface area contributed by atoms with Gasteiger partial charge in [0.1, 0.15) is 0 Å². The lowest BCUT2D eigenvalue weighted by atomic mass is 10.1. The predicted octanol–water partition coefficient (Wildman–Crippen LogP) is 3.01. The third-order valence-corrected chi connectivity index (χ3v) is 3.71. The second kappa shape index (κ2) is 6.49. The molecule has 1 aliphatic heterocycles. The van der Waals surface area contributed by atoms with Gasteiger partial charge in [-0.25, -0.2) is 0 Å². The van der Waals surface area contributed by atoms with E-state index in [0.29, 0.717) is 17.9 Å². The molecule has 0 atom stereocenters. The fourth-order valence-corrected chi connectivity index (χ4v) is 2.69. The van der Waals surface area contributed by atoms with Crippen LogP contribution in [0.5, 0.6) is 11.5 Å². The summed E-state index contributed by atoms with van der Waals surface area (Å²) in [7, 11) is 0. The summed E-state index contributed by atoms with van der Waals surface area (Å²) < 4.78 is 5.29. The molecule has 5 nitrogen and oxygen atoms in total. The van der Waals surface area contributed by atoms with E-state index >= 15 is 0 Å². The number of thioether (sulfide) groups is 1. The Kier molecular flexibility index (Phi) is 4.70. The number of phenols is 1. The van der Waals surface area contributed by atoms with Crippen LogP contribution in [0.4, 0.5) is 4.79 Å². The number of amides is 2. The second-order valence-corrected chi connectivity index (χ2v) is 5.20. The minimum absolute atomic E-state index is 0.0464. The SMILES string of the molecule is C=CCN1C(=O)SC(=Cc2cccc(OCC)c2O)C1=O. The molecule has 1 fully saturated rings. The maximum atomic E-state index is 12.1. The van der Waals surface area contributed by atoms with E-state index in [0.717, 1.165) is 16.7 Å². The molecule has 21 heavy (non-hydrogen) atoms. The molecule has 1 aromatic rings. The predicted molar refractivity (Wildman–Crippen MR) is 82.1 cm³/mol.